The molecule has 0 aromatic carbocycles. The Labute approximate surface area is 108 Å². The van der Waals surface area contributed by atoms with Crippen molar-refractivity contribution in [3.8, 4) is 0 Å². The van der Waals surface area contributed by atoms with Crippen molar-refractivity contribution in [3.63, 3.8) is 0 Å². The zero-order valence-corrected chi connectivity index (χ0v) is 10.7. The molecular formula is C11H16F4N4. The molecule has 0 aliphatic heterocycles. The molecule has 19 heavy (non-hydrogen) atoms. The van der Waals surface area contributed by atoms with Crippen LogP contribution in [0, 0.1) is 6.92 Å². The highest BCUT2D eigenvalue weighted by molar-refractivity contribution is 5.54. The second-order valence-electron chi connectivity index (χ2n) is 4.16. The molecule has 1 rings (SSSR count). The average molecular weight is 280 g/mol. The summed E-state index contributed by atoms with van der Waals surface area (Å²) >= 11 is 0. The van der Waals surface area contributed by atoms with Gasteiger partial charge in [-0.3, -0.25) is 0 Å². The molecule has 4 nitrogen and oxygen atoms in total. The Bertz CT molecular complexity index is 437. The van der Waals surface area contributed by atoms with Crippen molar-refractivity contribution < 1.29 is 17.6 Å². The van der Waals surface area contributed by atoms with Gasteiger partial charge in [-0.25, -0.2) is 18.7 Å². The van der Waals surface area contributed by atoms with Crippen LogP contribution in [0.25, 0.3) is 0 Å². The Balaban J connectivity index is 2.88. The first-order valence-electron chi connectivity index (χ1n) is 5.80. The average Bonchev–Trinajstić information content (AvgIpc) is 2.32. The van der Waals surface area contributed by atoms with Gasteiger partial charge in [0.1, 0.15) is 17.5 Å². The molecule has 0 unspecified atom stereocenters. The fourth-order valence-corrected chi connectivity index (χ4v) is 1.37. The van der Waals surface area contributed by atoms with Gasteiger partial charge in [-0.2, -0.15) is 8.78 Å². The molecular weight excluding hydrogens is 264 g/mol. The van der Waals surface area contributed by atoms with Gasteiger partial charge in [0.2, 0.25) is 0 Å². The molecule has 0 aliphatic carbocycles. The Morgan fingerprint density at radius 3 is 2.47 bits per heavy atom. The number of nitrogen functional groups attached to an aromatic ring is 1. The molecule has 1 aromatic heterocycles. The minimum absolute atomic E-state index is 0.0660. The Morgan fingerprint density at radius 2 is 1.95 bits per heavy atom. The lowest BCUT2D eigenvalue weighted by atomic mass is 10.2. The molecule has 3 N–H and O–H groups in total. The fraction of sp³-hybridized carbons (Fsp3) is 0.636. The lowest BCUT2D eigenvalue weighted by Gasteiger charge is -2.17. The summed E-state index contributed by atoms with van der Waals surface area (Å²) in [5, 5.41) is 2.21. The van der Waals surface area contributed by atoms with Crippen LogP contribution < -0.4 is 11.1 Å². The third-order valence-electron chi connectivity index (χ3n) is 2.51. The lowest BCUT2D eigenvalue weighted by molar-refractivity contribution is -0.117. The summed E-state index contributed by atoms with van der Waals surface area (Å²) in [7, 11) is 0. The summed E-state index contributed by atoms with van der Waals surface area (Å²) in [6, 6.07) is 0. The molecule has 0 atom stereocenters. The van der Waals surface area contributed by atoms with E-state index in [1.54, 1.807) is 0 Å². The monoisotopic (exact) mass is 280 g/mol. The van der Waals surface area contributed by atoms with Gasteiger partial charge in [-0.1, -0.05) is 6.92 Å². The van der Waals surface area contributed by atoms with E-state index in [0.717, 1.165) is 6.42 Å². The number of rotatable bonds is 6. The smallest absolute Gasteiger partial charge is 0.324 e. The highest BCUT2D eigenvalue weighted by atomic mass is 19.3. The van der Waals surface area contributed by atoms with E-state index in [9.17, 15) is 17.6 Å². The molecule has 0 bridgehead atoms. The van der Waals surface area contributed by atoms with Crippen LogP contribution in [0.2, 0.25) is 0 Å². The predicted octanol–water partition coefficient (Wildman–Crippen LogP) is 2.63. The van der Waals surface area contributed by atoms with Gasteiger partial charge in [-0.05, 0) is 13.3 Å². The van der Waals surface area contributed by atoms with E-state index in [0.29, 0.717) is 17.8 Å². The van der Waals surface area contributed by atoms with Crippen LogP contribution in [0.4, 0.5) is 29.2 Å². The number of alkyl halides is 4. The van der Waals surface area contributed by atoms with Gasteiger partial charge in [-0.15, -0.1) is 0 Å². The van der Waals surface area contributed by atoms with E-state index in [1.165, 1.54) is 6.92 Å². The summed E-state index contributed by atoms with van der Waals surface area (Å²) in [4.78, 5) is 8.00. The summed E-state index contributed by atoms with van der Waals surface area (Å²) in [6.45, 7) is 2.24. The van der Waals surface area contributed by atoms with Crippen molar-refractivity contribution in [2.75, 3.05) is 17.6 Å². The minimum Gasteiger partial charge on any atom is -0.383 e. The summed E-state index contributed by atoms with van der Waals surface area (Å²) < 4.78 is 49.7. The van der Waals surface area contributed by atoms with Crippen LogP contribution in [0.5, 0.6) is 0 Å². The standard InChI is InChI=1S/C11H16F4N4/c1-3-4-7-18-8(16)6(2)9(19-7)17-5-11(14,15)10(12)13/h10H,3-5H2,1-2H3,(H3,16,17,18,19). The van der Waals surface area contributed by atoms with Gasteiger partial charge in [0, 0.05) is 12.0 Å². The van der Waals surface area contributed by atoms with Crippen molar-refractivity contribution in [2.24, 2.45) is 0 Å². The molecule has 0 saturated heterocycles. The molecule has 1 aromatic rings. The maximum absolute atomic E-state index is 12.8. The number of nitrogens with two attached hydrogens (primary N) is 1. The zero-order chi connectivity index (χ0) is 14.6. The molecule has 8 heteroatoms. The normalized spacial score (nSPS) is 11.9. The van der Waals surface area contributed by atoms with Crippen molar-refractivity contribution in [2.45, 2.75) is 39.0 Å². The number of nitrogens with zero attached hydrogens (tertiary/aromatic N) is 2. The molecule has 0 radical (unpaired) electrons. The zero-order valence-electron chi connectivity index (χ0n) is 10.7. The number of hydrogen-bond acceptors (Lipinski definition) is 4. The van der Waals surface area contributed by atoms with Crippen LogP contribution in [0.3, 0.4) is 0 Å². The topological polar surface area (TPSA) is 63.8 Å². The van der Waals surface area contributed by atoms with E-state index in [1.807, 2.05) is 6.92 Å². The molecule has 0 aliphatic rings. The fourth-order valence-electron chi connectivity index (χ4n) is 1.37. The SMILES string of the molecule is CCCc1nc(N)c(C)c(NCC(F)(F)C(F)F)n1. The van der Waals surface area contributed by atoms with Gasteiger partial charge in [0.25, 0.3) is 0 Å². The van der Waals surface area contributed by atoms with Crippen LogP contribution >= 0.6 is 0 Å². The predicted molar refractivity (Wildman–Crippen MR) is 64.6 cm³/mol. The number of halogens is 4. The lowest BCUT2D eigenvalue weighted by Crippen LogP contribution is -2.35. The molecule has 0 spiro atoms. The molecule has 0 saturated carbocycles. The van der Waals surface area contributed by atoms with Crippen molar-refractivity contribution in [1.82, 2.24) is 9.97 Å². The van der Waals surface area contributed by atoms with E-state index in [2.05, 4.69) is 15.3 Å². The van der Waals surface area contributed by atoms with Crippen LogP contribution in [-0.2, 0) is 6.42 Å². The molecule has 0 amide bonds. The molecule has 108 valence electrons. The first kappa shape index (κ1) is 15.5. The summed E-state index contributed by atoms with van der Waals surface area (Å²) in [5.41, 5.74) is 5.99. The maximum atomic E-state index is 12.8. The highest BCUT2D eigenvalue weighted by Gasteiger charge is 2.40. The van der Waals surface area contributed by atoms with Crippen molar-refractivity contribution >= 4 is 11.6 Å². The van der Waals surface area contributed by atoms with Gasteiger partial charge in [0.15, 0.2) is 0 Å². The molecule has 1 heterocycles. The first-order chi connectivity index (χ1) is 8.77. The van der Waals surface area contributed by atoms with Crippen molar-refractivity contribution in [3.05, 3.63) is 11.4 Å². The third kappa shape index (κ3) is 3.93. The minimum atomic E-state index is -4.11. The van der Waals surface area contributed by atoms with Gasteiger partial charge < -0.3 is 11.1 Å². The highest BCUT2D eigenvalue weighted by Crippen LogP contribution is 2.24. The quantitative estimate of drug-likeness (QED) is 0.786. The van der Waals surface area contributed by atoms with Gasteiger partial charge in [0.05, 0.1) is 6.54 Å². The Kier molecular flexibility index (Phi) is 4.90. The number of nitrogens with one attached hydrogen (secondary N) is 1. The number of hydrogen-bond donors (Lipinski definition) is 2. The van der Waals surface area contributed by atoms with E-state index >= 15 is 0 Å². The van der Waals surface area contributed by atoms with Crippen LogP contribution in [0.15, 0.2) is 0 Å². The van der Waals surface area contributed by atoms with E-state index < -0.39 is 18.9 Å². The largest absolute Gasteiger partial charge is 0.383 e. The second-order valence-corrected chi connectivity index (χ2v) is 4.16. The third-order valence-corrected chi connectivity index (χ3v) is 2.51. The number of aryl methyl sites for hydroxylation is 1. The number of anilines is 2. The Hall–Kier alpha value is -1.60. The maximum Gasteiger partial charge on any atom is 0.324 e. The summed E-state index contributed by atoms with van der Waals surface area (Å²) in [6.07, 6.45) is -2.44. The first-order valence-corrected chi connectivity index (χ1v) is 5.80. The second kappa shape index (κ2) is 6.03. The van der Waals surface area contributed by atoms with Gasteiger partial charge >= 0.3 is 12.3 Å². The number of aromatic nitrogens is 2. The van der Waals surface area contributed by atoms with Crippen LogP contribution in [-0.4, -0.2) is 28.9 Å². The summed E-state index contributed by atoms with van der Waals surface area (Å²) in [5.74, 6) is -3.50. The Morgan fingerprint density at radius 1 is 1.32 bits per heavy atom. The molecule has 0 fully saturated rings. The van der Waals surface area contributed by atoms with E-state index in [-0.39, 0.29) is 11.6 Å². The van der Waals surface area contributed by atoms with Crippen LogP contribution in [0.1, 0.15) is 24.7 Å². The van der Waals surface area contributed by atoms with Crippen molar-refractivity contribution in [1.29, 1.82) is 0 Å². The van der Waals surface area contributed by atoms with E-state index in [4.69, 9.17) is 5.73 Å².